The fourth-order valence-corrected chi connectivity index (χ4v) is 5.04. The number of anilines is 1. The normalized spacial score (nSPS) is 13.8. The molecule has 1 aliphatic carbocycles. The van der Waals surface area contributed by atoms with Crippen LogP contribution in [0.4, 0.5) is 5.95 Å². The van der Waals surface area contributed by atoms with Gasteiger partial charge in [0, 0.05) is 17.5 Å². The van der Waals surface area contributed by atoms with Gasteiger partial charge in [0.15, 0.2) is 0 Å². The lowest BCUT2D eigenvalue weighted by atomic mass is 9.97. The van der Waals surface area contributed by atoms with Crippen LogP contribution in [-0.2, 0) is 19.4 Å². The van der Waals surface area contributed by atoms with Crippen LogP contribution < -0.4 is 15.6 Å². The summed E-state index contributed by atoms with van der Waals surface area (Å²) in [5, 5.41) is 4.22. The summed E-state index contributed by atoms with van der Waals surface area (Å²) in [6, 6.07) is 7.97. The number of thiophene rings is 1. The number of hydrogen-bond donors (Lipinski definition) is 1. The van der Waals surface area contributed by atoms with E-state index in [9.17, 15) is 4.79 Å². The lowest BCUT2D eigenvalue weighted by molar-refractivity contribution is 0.414. The van der Waals surface area contributed by atoms with Crippen molar-refractivity contribution in [3.8, 4) is 5.75 Å². The molecule has 1 aromatic carbocycles. The van der Waals surface area contributed by atoms with Crippen LogP contribution >= 0.6 is 11.3 Å². The summed E-state index contributed by atoms with van der Waals surface area (Å²) in [4.78, 5) is 20.4. The second-order valence-corrected chi connectivity index (χ2v) is 8.38. The largest absolute Gasteiger partial charge is 0.497 e. The zero-order valence-corrected chi connectivity index (χ0v) is 16.9. The summed E-state index contributed by atoms with van der Waals surface area (Å²) >= 11 is 1.69. The number of hydrogen-bond acceptors (Lipinski definition) is 5. The highest BCUT2D eigenvalue weighted by Crippen LogP contribution is 2.34. The van der Waals surface area contributed by atoms with Gasteiger partial charge in [0.2, 0.25) is 5.95 Å². The molecule has 0 bridgehead atoms. The van der Waals surface area contributed by atoms with E-state index in [4.69, 9.17) is 9.72 Å². The Morgan fingerprint density at radius 3 is 2.89 bits per heavy atom. The van der Waals surface area contributed by atoms with E-state index in [1.54, 1.807) is 23.0 Å². The highest BCUT2D eigenvalue weighted by atomic mass is 32.1. The molecule has 142 valence electrons. The number of benzene rings is 1. The minimum Gasteiger partial charge on any atom is -0.497 e. The Bertz CT molecular complexity index is 1040. The summed E-state index contributed by atoms with van der Waals surface area (Å²) in [6.45, 7) is 4.65. The lowest BCUT2D eigenvalue weighted by Crippen LogP contribution is -2.27. The van der Waals surface area contributed by atoms with E-state index in [0.717, 1.165) is 40.8 Å². The van der Waals surface area contributed by atoms with Gasteiger partial charge in [-0.1, -0.05) is 12.1 Å². The van der Waals surface area contributed by atoms with Crippen molar-refractivity contribution in [3.63, 3.8) is 0 Å². The third-order valence-electron chi connectivity index (χ3n) is 5.12. The molecule has 0 spiro atoms. The number of aromatic nitrogens is 2. The van der Waals surface area contributed by atoms with Gasteiger partial charge in [-0.25, -0.2) is 4.98 Å². The zero-order chi connectivity index (χ0) is 19.0. The predicted molar refractivity (Wildman–Crippen MR) is 111 cm³/mol. The highest BCUT2D eigenvalue weighted by Gasteiger charge is 2.22. The Balaban J connectivity index is 1.75. The fraction of sp³-hybridized carbons (Fsp3) is 0.429. The Morgan fingerprint density at radius 1 is 1.30 bits per heavy atom. The van der Waals surface area contributed by atoms with E-state index in [1.807, 2.05) is 38.1 Å². The van der Waals surface area contributed by atoms with Crippen molar-refractivity contribution in [2.24, 2.45) is 0 Å². The van der Waals surface area contributed by atoms with E-state index < -0.39 is 0 Å². The molecule has 0 radical (unpaired) electrons. The third kappa shape index (κ3) is 3.34. The van der Waals surface area contributed by atoms with E-state index in [0.29, 0.717) is 12.5 Å². The summed E-state index contributed by atoms with van der Waals surface area (Å²) in [5.74, 6) is 1.47. The number of methoxy groups -OCH3 is 1. The number of fused-ring (bicyclic) bond motifs is 3. The molecule has 0 unspecified atom stereocenters. The summed E-state index contributed by atoms with van der Waals surface area (Å²) in [5.41, 5.74) is 2.42. The molecule has 0 amide bonds. The van der Waals surface area contributed by atoms with Crippen LogP contribution in [0, 0.1) is 0 Å². The van der Waals surface area contributed by atoms with Crippen LogP contribution in [0.1, 0.15) is 48.7 Å². The van der Waals surface area contributed by atoms with Crippen LogP contribution in [0.25, 0.3) is 10.2 Å². The third-order valence-corrected chi connectivity index (χ3v) is 6.31. The molecule has 0 atom stereocenters. The Morgan fingerprint density at radius 2 is 2.11 bits per heavy atom. The first kappa shape index (κ1) is 18.0. The molecule has 3 aromatic rings. The van der Waals surface area contributed by atoms with Crippen LogP contribution in [-0.4, -0.2) is 16.7 Å². The Hall–Kier alpha value is -2.34. The fourth-order valence-electron chi connectivity index (χ4n) is 3.78. The Kier molecular flexibility index (Phi) is 4.91. The van der Waals surface area contributed by atoms with Crippen molar-refractivity contribution in [2.75, 3.05) is 12.4 Å². The monoisotopic (exact) mass is 383 g/mol. The molecule has 5 nitrogen and oxygen atoms in total. The number of rotatable bonds is 5. The SMILES string of the molecule is COc1cccc(CNc2nc3sc4c(c3c(=O)n2C(C)C)CCCC4)c1. The quantitative estimate of drug-likeness (QED) is 0.703. The van der Waals surface area contributed by atoms with Gasteiger partial charge >= 0.3 is 0 Å². The van der Waals surface area contributed by atoms with Gasteiger partial charge in [-0.3, -0.25) is 9.36 Å². The van der Waals surface area contributed by atoms with Gasteiger partial charge in [-0.2, -0.15) is 0 Å². The van der Waals surface area contributed by atoms with Gasteiger partial charge in [0.25, 0.3) is 5.56 Å². The topological polar surface area (TPSA) is 56.1 Å². The minimum absolute atomic E-state index is 0.0429. The average molecular weight is 384 g/mol. The molecule has 6 heteroatoms. The maximum absolute atomic E-state index is 13.3. The summed E-state index contributed by atoms with van der Waals surface area (Å²) in [7, 11) is 1.66. The van der Waals surface area contributed by atoms with Gasteiger partial charge in [-0.15, -0.1) is 11.3 Å². The molecular formula is C21H25N3O2S. The van der Waals surface area contributed by atoms with E-state index >= 15 is 0 Å². The standard InChI is InChI=1S/C21H25N3O2S/c1-13(2)24-20(25)18-16-9-4-5-10-17(16)27-19(18)23-21(24)22-12-14-7-6-8-15(11-14)26-3/h6-8,11,13H,4-5,9-10,12H2,1-3H3,(H,22,23). The first-order valence-corrected chi connectivity index (χ1v) is 10.3. The maximum Gasteiger partial charge on any atom is 0.264 e. The van der Waals surface area contributed by atoms with Gasteiger partial charge in [0.1, 0.15) is 10.6 Å². The molecule has 1 N–H and O–H groups in total. The maximum atomic E-state index is 13.3. The second kappa shape index (κ2) is 7.35. The Labute approximate surface area is 163 Å². The van der Waals surface area contributed by atoms with Crippen molar-refractivity contribution in [3.05, 3.63) is 50.6 Å². The average Bonchev–Trinajstić information content (AvgIpc) is 3.04. The number of nitrogens with zero attached hydrogens (tertiary/aromatic N) is 2. The second-order valence-electron chi connectivity index (χ2n) is 7.30. The molecule has 0 saturated heterocycles. The number of aryl methyl sites for hydroxylation is 2. The molecule has 27 heavy (non-hydrogen) atoms. The highest BCUT2D eigenvalue weighted by molar-refractivity contribution is 7.18. The minimum atomic E-state index is 0.0429. The molecule has 2 heterocycles. The molecular weight excluding hydrogens is 358 g/mol. The first-order chi connectivity index (χ1) is 13.1. The van der Waals surface area contributed by atoms with E-state index in [-0.39, 0.29) is 11.6 Å². The van der Waals surface area contributed by atoms with Crippen molar-refractivity contribution < 1.29 is 4.74 Å². The zero-order valence-electron chi connectivity index (χ0n) is 16.0. The summed E-state index contributed by atoms with van der Waals surface area (Å²) in [6.07, 6.45) is 4.44. The van der Waals surface area contributed by atoms with Crippen molar-refractivity contribution >= 4 is 27.5 Å². The molecule has 0 fully saturated rings. The van der Waals surface area contributed by atoms with Crippen molar-refractivity contribution in [2.45, 2.75) is 52.1 Å². The van der Waals surface area contributed by atoms with Gasteiger partial charge in [0.05, 0.1) is 12.5 Å². The van der Waals surface area contributed by atoms with E-state index in [1.165, 1.54) is 16.9 Å². The van der Waals surface area contributed by atoms with Crippen LogP contribution in [0.15, 0.2) is 29.1 Å². The molecule has 4 rings (SSSR count). The number of nitrogens with one attached hydrogen (secondary N) is 1. The van der Waals surface area contributed by atoms with E-state index in [2.05, 4.69) is 5.32 Å². The van der Waals surface area contributed by atoms with Crippen molar-refractivity contribution in [1.82, 2.24) is 9.55 Å². The molecule has 2 aromatic heterocycles. The van der Waals surface area contributed by atoms with Crippen LogP contribution in [0.5, 0.6) is 5.75 Å². The van der Waals surface area contributed by atoms with Gasteiger partial charge < -0.3 is 10.1 Å². The first-order valence-electron chi connectivity index (χ1n) is 9.52. The molecule has 0 saturated carbocycles. The molecule has 0 aliphatic heterocycles. The predicted octanol–water partition coefficient (Wildman–Crippen LogP) is 4.54. The molecule has 1 aliphatic rings. The van der Waals surface area contributed by atoms with Gasteiger partial charge in [-0.05, 0) is 62.8 Å². The number of ether oxygens (including phenoxy) is 1. The summed E-state index contributed by atoms with van der Waals surface area (Å²) < 4.78 is 7.09. The van der Waals surface area contributed by atoms with Crippen molar-refractivity contribution in [1.29, 1.82) is 0 Å². The van der Waals surface area contributed by atoms with Crippen LogP contribution in [0.2, 0.25) is 0 Å². The van der Waals surface area contributed by atoms with Crippen LogP contribution in [0.3, 0.4) is 0 Å². The smallest absolute Gasteiger partial charge is 0.264 e. The lowest BCUT2D eigenvalue weighted by Gasteiger charge is -2.17.